The molecule has 0 spiro atoms. The maximum absolute atomic E-state index is 11.6. The van der Waals surface area contributed by atoms with Crippen molar-refractivity contribution in [2.45, 2.75) is 38.3 Å². The van der Waals surface area contributed by atoms with Crippen molar-refractivity contribution in [3.05, 3.63) is 11.7 Å². The Balaban J connectivity index is 2.06. The van der Waals surface area contributed by atoms with E-state index in [-0.39, 0.29) is 11.9 Å². The third-order valence-electron chi connectivity index (χ3n) is 3.58. The highest BCUT2D eigenvalue weighted by Crippen LogP contribution is 2.25. The highest BCUT2D eigenvalue weighted by atomic mass is 16.5. The molecule has 1 fully saturated rings. The molecule has 1 aliphatic rings. The largest absolute Gasteiger partial charge is 0.370 e. The third-order valence-corrected chi connectivity index (χ3v) is 3.58. The Morgan fingerprint density at radius 3 is 2.95 bits per heavy atom. The molecule has 0 bridgehead atoms. The van der Waals surface area contributed by atoms with Gasteiger partial charge in [-0.25, -0.2) is 0 Å². The molecule has 2 N–H and O–H groups in total. The van der Waals surface area contributed by atoms with E-state index in [0.29, 0.717) is 24.7 Å². The van der Waals surface area contributed by atoms with Crippen molar-refractivity contribution in [1.82, 2.24) is 20.8 Å². The topological polar surface area (TPSA) is 89.3 Å². The van der Waals surface area contributed by atoms with Gasteiger partial charge in [0.25, 0.3) is 0 Å². The summed E-state index contributed by atoms with van der Waals surface area (Å²) in [7, 11) is 1.62. The van der Waals surface area contributed by atoms with Gasteiger partial charge in [0.15, 0.2) is 0 Å². The number of ether oxygens (including phenoxy) is 1. The van der Waals surface area contributed by atoms with Crippen LogP contribution in [0.2, 0.25) is 0 Å². The first-order valence-electron chi connectivity index (χ1n) is 6.48. The van der Waals surface area contributed by atoms with Gasteiger partial charge in [0.05, 0.1) is 12.5 Å². The van der Waals surface area contributed by atoms with Crippen molar-refractivity contribution in [3.8, 4) is 0 Å². The zero-order chi connectivity index (χ0) is 13.9. The van der Waals surface area contributed by atoms with Gasteiger partial charge in [-0.3, -0.25) is 4.79 Å². The number of amides is 1. The minimum Gasteiger partial charge on any atom is -0.370 e. The number of piperazine rings is 1. The van der Waals surface area contributed by atoms with Crippen LogP contribution in [-0.4, -0.2) is 42.3 Å². The summed E-state index contributed by atoms with van der Waals surface area (Å²) in [5.74, 6) is 0.931. The summed E-state index contributed by atoms with van der Waals surface area (Å²) in [6.07, 6.45) is 1.13. The van der Waals surface area contributed by atoms with Crippen LogP contribution in [0, 0.1) is 0 Å². The van der Waals surface area contributed by atoms with Crippen LogP contribution < -0.4 is 10.6 Å². The number of methoxy groups -OCH3 is 1. The van der Waals surface area contributed by atoms with Gasteiger partial charge in [0.2, 0.25) is 17.6 Å². The monoisotopic (exact) mass is 268 g/mol. The highest BCUT2D eigenvalue weighted by Gasteiger charge is 2.31. The molecule has 19 heavy (non-hydrogen) atoms. The summed E-state index contributed by atoms with van der Waals surface area (Å²) in [4.78, 5) is 16.0. The summed E-state index contributed by atoms with van der Waals surface area (Å²) in [6, 6.07) is -0.308. The summed E-state index contributed by atoms with van der Waals surface area (Å²) >= 11 is 0. The predicted molar refractivity (Wildman–Crippen MR) is 67.5 cm³/mol. The second-order valence-electron chi connectivity index (χ2n) is 4.80. The van der Waals surface area contributed by atoms with Gasteiger partial charge in [-0.15, -0.1) is 0 Å². The summed E-state index contributed by atoms with van der Waals surface area (Å²) in [6.45, 7) is 5.31. The Bertz CT molecular complexity index is 442. The predicted octanol–water partition coefficient (Wildman–Crippen LogP) is -0.0283. The van der Waals surface area contributed by atoms with E-state index >= 15 is 0 Å². The van der Waals surface area contributed by atoms with Crippen molar-refractivity contribution in [2.75, 3.05) is 20.2 Å². The summed E-state index contributed by atoms with van der Waals surface area (Å²) < 4.78 is 10.6. The fourth-order valence-electron chi connectivity index (χ4n) is 1.93. The van der Waals surface area contributed by atoms with Gasteiger partial charge in [-0.05, 0) is 13.3 Å². The van der Waals surface area contributed by atoms with Gasteiger partial charge in [-0.1, -0.05) is 12.1 Å². The van der Waals surface area contributed by atoms with Crippen LogP contribution in [-0.2, 0) is 21.6 Å². The van der Waals surface area contributed by atoms with E-state index in [2.05, 4.69) is 20.8 Å². The molecule has 0 saturated carbocycles. The highest BCUT2D eigenvalue weighted by molar-refractivity contribution is 5.82. The van der Waals surface area contributed by atoms with E-state index in [1.54, 1.807) is 7.11 Å². The van der Waals surface area contributed by atoms with Gasteiger partial charge in [-0.2, -0.15) is 4.98 Å². The fraction of sp³-hybridized carbons (Fsp3) is 0.750. The van der Waals surface area contributed by atoms with Gasteiger partial charge in [0.1, 0.15) is 5.60 Å². The van der Waals surface area contributed by atoms with E-state index in [0.717, 1.165) is 13.0 Å². The van der Waals surface area contributed by atoms with Gasteiger partial charge >= 0.3 is 0 Å². The Morgan fingerprint density at radius 1 is 1.53 bits per heavy atom. The Kier molecular flexibility index (Phi) is 4.16. The number of hydrogen-bond acceptors (Lipinski definition) is 6. The van der Waals surface area contributed by atoms with Crippen molar-refractivity contribution in [3.63, 3.8) is 0 Å². The molecule has 2 atom stereocenters. The summed E-state index contributed by atoms with van der Waals surface area (Å²) in [5.41, 5.74) is -0.552. The fourth-order valence-corrected chi connectivity index (χ4v) is 1.93. The number of nitrogens with one attached hydrogen (secondary N) is 2. The quantitative estimate of drug-likeness (QED) is 0.779. The van der Waals surface area contributed by atoms with Crippen molar-refractivity contribution < 1.29 is 14.1 Å². The van der Waals surface area contributed by atoms with Gasteiger partial charge < -0.3 is 19.9 Å². The molecular formula is C12H20N4O3. The van der Waals surface area contributed by atoms with Crippen LogP contribution in [0.25, 0.3) is 0 Å². The molecule has 1 aromatic rings. The number of aromatic nitrogens is 2. The molecule has 1 amide bonds. The SMILES string of the molecule is CCC(C)(OC)c1noc(CC2NCCNC2=O)n1. The molecule has 1 aliphatic heterocycles. The van der Waals surface area contributed by atoms with E-state index in [9.17, 15) is 4.79 Å². The normalized spacial score (nSPS) is 22.9. The number of carbonyl (C=O) groups excluding carboxylic acids is 1. The molecule has 7 heteroatoms. The van der Waals surface area contributed by atoms with E-state index in [1.807, 2.05) is 13.8 Å². The van der Waals surface area contributed by atoms with Crippen LogP contribution in [0.1, 0.15) is 32.0 Å². The van der Waals surface area contributed by atoms with E-state index in [4.69, 9.17) is 9.26 Å². The molecule has 2 rings (SSSR count). The first kappa shape index (κ1) is 14.0. The van der Waals surface area contributed by atoms with Crippen LogP contribution >= 0.6 is 0 Å². The second-order valence-corrected chi connectivity index (χ2v) is 4.80. The molecule has 2 heterocycles. The second kappa shape index (κ2) is 5.66. The Morgan fingerprint density at radius 2 is 2.32 bits per heavy atom. The van der Waals surface area contributed by atoms with Gasteiger partial charge in [0, 0.05) is 20.2 Å². The standard InChI is InChI=1S/C12H20N4O3/c1-4-12(2,18-3)11-15-9(19-16-11)7-8-10(17)14-6-5-13-8/h8,13H,4-7H2,1-3H3,(H,14,17). The molecule has 1 aromatic heterocycles. The molecule has 106 valence electrons. The molecular weight excluding hydrogens is 248 g/mol. The van der Waals surface area contributed by atoms with Crippen LogP contribution in [0.5, 0.6) is 0 Å². The molecule has 0 aromatic carbocycles. The molecule has 1 saturated heterocycles. The Labute approximate surface area is 112 Å². The maximum Gasteiger partial charge on any atom is 0.237 e. The first-order valence-corrected chi connectivity index (χ1v) is 6.48. The van der Waals surface area contributed by atoms with Crippen LogP contribution in [0.3, 0.4) is 0 Å². The van der Waals surface area contributed by atoms with Crippen LogP contribution in [0.4, 0.5) is 0 Å². The molecule has 2 unspecified atom stereocenters. The smallest absolute Gasteiger partial charge is 0.237 e. The summed E-state index contributed by atoms with van der Waals surface area (Å²) in [5, 5.41) is 9.87. The minimum absolute atomic E-state index is 0.0315. The van der Waals surface area contributed by atoms with Crippen LogP contribution in [0.15, 0.2) is 4.52 Å². The number of hydrogen-bond donors (Lipinski definition) is 2. The lowest BCUT2D eigenvalue weighted by Gasteiger charge is -2.22. The molecule has 7 nitrogen and oxygen atoms in total. The van der Waals surface area contributed by atoms with Crippen molar-refractivity contribution in [1.29, 1.82) is 0 Å². The van der Waals surface area contributed by atoms with Crippen molar-refractivity contribution in [2.24, 2.45) is 0 Å². The number of carbonyl (C=O) groups is 1. The zero-order valence-corrected chi connectivity index (χ0v) is 11.5. The number of rotatable bonds is 5. The van der Waals surface area contributed by atoms with Crippen molar-refractivity contribution >= 4 is 5.91 Å². The average molecular weight is 268 g/mol. The lowest BCUT2D eigenvalue weighted by molar-refractivity contribution is -0.124. The lowest BCUT2D eigenvalue weighted by atomic mass is 10.0. The van der Waals surface area contributed by atoms with E-state index in [1.165, 1.54) is 0 Å². The number of nitrogens with zero attached hydrogens (tertiary/aromatic N) is 2. The molecule has 0 radical (unpaired) electrons. The third kappa shape index (κ3) is 2.93. The minimum atomic E-state index is -0.552. The molecule has 0 aliphatic carbocycles. The van der Waals surface area contributed by atoms with E-state index < -0.39 is 5.60 Å². The Hall–Kier alpha value is -1.47. The first-order chi connectivity index (χ1) is 9.09. The average Bonchev–Trinajstić information content (AvgIpc) is 2.90. The lowest BCUT2D eigenvalue weighted by Crippen LogP contribution is -2.53. The zero-order valence-electron chi connectivity index (χ0n) is 11.5. The maximum atomic E-state index is 11.6.